The first-order valence-corrected chi connectivity index (χ1v) is 6.47. The van der Waals surface area contributed by atoms with Gasteiger partial charge in [0.05, 0.1) is 19.7 Å². The SMILES string of the molecule is COCC[C@H]1CN(Cc2ccccc2)CC[NH2+]1.[Cl-]. The molecule has 2 N–H and O–H groups in total. The second-order valence-corrected chi connectivity index (χ2v) is 4.79. The maximum atomic E-state index is 5.16. The smallest absolute Gasteiger partial charge is 0.101 e. The fourth-order valence-corrected chi connectivity index (χ4v) is 2.45. The molecule has 0 radical (unpaired) electrons. The first-order chi connectivity index (χ1) is 8.38. The molecule has 1 atom stereocenters. The molecule has 2 rings (SSSR count). The topological polar surface area (TPSA) is 29.1 Å². The van der Waals surface area contributed by atoms with Gasteiger partial charge in [-0.1, -0.05) is 30.3 Å². The Balaban J connectivity index is 0.00000162. The lowest BCUT2D eigenvalue weighted by molar-refractivity contribution is -0.699. The van der Waals surface area contributed by atoms with E-state index in [1.807, 2.05) is 0 Å². The zero-order valence-corrected chi connectivity index (χ0v) is 11.8. The summed E-state index contributed by atoms with van der Waals surface area (Å²) in [6, 6.07) is 11.4. The lowest BCUT2D eigenvalue weighted by Crippen LogP contribution is -3.00. The molecule has 0 aliphatic carbocycles. The highest BCUT2D eigenvalue weighted by Crippen LogP contribution is 2.06. The van der Waals surface area contributed by atoms with Crippen molar-refractivity contribution in [3.05, 3.63) is 35.9 Å². The van der Waals surface area contributed by atoms with Gasteiger partial charge in [-0.3, -0.25) is 4.90 Å². The summed E-state index contributed by atoms with van der Waals surface area (Å²) in [5.74, 6) is 0. The Kier molecular flexibility index (Phi) is 7.28. The van der Waals surface area contributed by atoms with Crippen LogP contribution in [0.2, 0.25) is 0 Å². The number of methoxy groups -OCH3 is 1. The molecule has 102 valence electrons. The van der Waals surface area contributed by atoms with Crippen LogP contribution >= 0.6 is 0 Å². The van der Waals surface area contributed by atoms with Crippen molar-refractivity contribution in [3.8, 4) is 0 Å². The van der Waals surface area contributed by atoms with Gasteiger partial charge < -0.3 is 22.5 Å². The average molecular weight is 271 g/mol. The number of quaternary nitrogens is 1. The van der Waals surface area contributed by atoms with Gasteiger partial charge in [0.25, 0.3) is 0 Å². The van der Waals surface area contributed by atoms with Gasteiger partial charge in [0.1, 0.15) is 6.04 Å². The van der Waals surface area contributed by atoms with E-state index in [0.29, 0.717) is 6.04 Å². The lowest BCUT2D eigenvalue weighted by atomic mass is 10.1. The Morgan fingerprint density at radius 1 is 1.33 bits per heavy atom. The zero-order valence-electron chi connectivity index (χ0n) is 11.0. The summed E-state index contributed by atoms with van der Waals surface area (Å²) < 4.78 is 5.16. The third-order valence-corrected chi connectivity index (χ3v) is 3.38. The van der Waals surface area contributed by atoms with Crippen molar-refractivity contribution >= 4 is 0 Å². The van der Waals surface area contributed by atoms with Crippen molar-refractivity contribution in [1.29, 1.82) is 0 Å². The lowest BCUT2D eigenvalue weighted by Gasteiger charge is -2.31. The maximum absolute atomic E-state index is 5.16. The summed E-state index contributed by atoms with van der Waals surface area (Å²) in [4.78, 5) is 2.55. The number of rotatable bonds is 5. The monoisotopic (exact) mass is 270 g/mol. The number of hydrogen-bond acceptors (Lipinski definition) is 2. The minimum absolute atomic E-state index is 0. The number of nitrogens with two attached hydrogens (primary N) is 1. The first-order valence-electron chi connectivity index (χ1n) is 6.47. The van der Waals surface area contributed by atoms with Crippen LogP contribution in [0.5, 0.6) is 0 Å². The predicted molar refractivity (Wildman–Crippen MR) is 68.8 cm³/mol. The minimum atomic E-state index is 0. The molecule has 1 aromatic rings. The minimum Gasteiger partial charge on any atom is -1.00 e. The van der Waals surface area contributed by atoms with Gasteiger partial charge in [0.2, 0.25) is 0 Å². The summed E-state index contributed by atoms with van der Waals surface area (Å²) in [5.41, 5.74) is 1.42. The van der Waals surface area contributed by atoms with Crippen LogP contribution in [0.25, 0.3) is 0 Å². The van der Waals surface area contributed by atoms with E-state index in [4.69, 9.17) is 4.74 Å². The standard InChI is InChI=1S/C14H22N2O.ClH/c1-17-10-7-14-12-16(9-8-15-14)11-13-5-3-2-4-6-13;/h2-6,14-15H,7-12H2,1H3;1H/t14-;/m0./s1. The van der Waals surface area contributed by atoms with E-state index in [9.17, 15) is 0 Å². The third-order valence-electron chi connectivity index (χ3n) is 3.38. The second kappa shape index (κ2) is 8.48. The van der Waals surface area contributed by atoms with Crippen molar-refractivity contribution in [2.24, 2.45) is 0 Å². The molecule has 1 aliphatic rings. The van der Waals surface area contributed by atoms with Gasteiger partial charge in [0, 0.05) is 26.6 Å². The van der Waals surface area contributed by atoms with Crippen LogP contribution in [0.4, 0.5) is 0 Å². The van der Waals surface area contributed by atoms with Gasteiger partial charge in [-0.15, -0.1) is 0 Å². The fourth-order valence-electron chi connectivity index (χ4n) is 2.45. The molecule has 4 heteroatoms. The van der Waals surface area contributed by atoms with Crippen LogP contribution in [0.1, 0.15) is 12.0 Å². The molecule has 0 saturated carbocycles. The highest BCUT2D eigenvalue weighted by molar-refractivity contribution is 5.14. The molecule has 0 bridgehead atoms. The summed E-state index contributed by atoms with van der Waals surface area (Å²) in [6.07, 6.45) is 1.15. The largest absolute Gasteiger partial charge is 1.00 e. The Morgan fingerprint density at radius 2 is 2.11 bits per heavy atom. The maximum Gasteiger partial charge on any atom is 0.101 e. The van der Waals surface area contributed by atoms with E-state index in [2.05, 4.69) is 40.5 Å². The number of piperazine rings is 1. The van der Waals surface area contributed by atoms with E-state index in [1.54, 1.807) is 7.11 Å². The van der Waals surface area contributed by atoms with Crippen molar-refractivity contribution in [3.63, 3.8) is 0 Å². The van der Waals surface area contributed by atoms with E-state index in [0.717, 1.165) is 19.6 Å². The van der Waals surface area contributed by atoms with Gasteiger partial charge in [-0.2, -0.15) is 0 Å². The normalized spacial score (nSPS) is 20.4. The molecule has 0 amide bonds. The fraction of sp³-hybridized carbons (Fsp3) is 0.571. The van der Waals surface area contributed by atoms with Crippen molar-refractivity contribution < 1.29 is 22.5 Å². The summed E-state index contributed by atoms with van der Waals surface area (Å²) >= 11 is 0. The third kappa shape index (κ3) is 4.94. The van der Waals surface area contributed by atoms with Crippen LogP contribution in [0, 0.1) is 0 Å². The number of nitrogens with zero attached hydrogens (tertiary/aromatic N) is 1. The quantitative estimate of drug-likeness (QED) is 0.640. The second-order valence-electron chi connectivity index (χ2n) is 4.79. The molecule has 0 spiro atoms. The van der Waals surface area contributed by atoms with Crippen LogP contribution in [-0.4, -0.2) is 44.3 Å². The number of ether oxygens (including phenoxy) is 1. The first kappa shape index (κ1) is 15.4. The van der Waals surface area contributed by atoms with E-state index in [-0.39, 0.29) is 12.4 Å². The molecule has 1 fully saturated rings. The van der Waals surface area contributed by atoms with Gasteiger partial charge in [0.15, 0.2) is 0 Å². The molecule has 0 unspecified atom stereocenters. The summed E-state index contributed by atoms with van der Waals surface area (Å²) in [6.45, 7) is 5.54. The summed E-state index contributed by atoms with van der Waals surface area (Å²) in [7, 11) is 1.78. The van der Waals surface area contributed by atoms with Crippen molar-refractivity contribution in [2.45, 2.75) is 19.0 Å². The Bertz CT molecular complexity index is 321. The average Bonchev–Trinajstić information content (AvgIpc) is 2.38. The van der Waals surface area contributed by atoms with Crippen LogP contribution in [0.3, 0.4) is 0 Å². The number of benzene rings is 1. The molecule has 1 aromatic carbocycles. The van der Waals surface area contributed by atoms with Crippen LogP contribution < -0.4 is 17.7 Å². The Morgan fingerprint density at radius 3 is 2.83 bits per heavy atom. The van der Waals surface area contributed by atoms with E-state index >= 15 is 0 Å². The van der Waals surface area contributed by atoms with E-state index in [1.165, 1.54) is 25.2 Å². The molecular weight excluding hydrogens is 248 g/mol. The molecule has 18 heavy (non-hydrogen) atoms. The highest BCUT2D eigenvalue weighted by Gasteiger charge is 2.21. The predicted octanol–water partition coefficient (Wildman–Crippen LogP) is -2.53. The van der Waals surface area contributed by atoms with Gasteiger partial charge in [-0.05, 0) is 5.56 Å². The molecule has 3 nitrogen and oxygen atoms in total. The molecular formula is C14H23ClN2O. The Labute approximate surface area is 116 Å². The van der Waals surface area contributed by atoms with Crippen molar-refractivity contribution in [1.82, 2.24) is 4.90 Å². The number of halogens is 1. The van der Waals surface area contributed by atoms with Gasteiger partial charge in [-0.25, -0.2) is 0 Å². The summed E-state index contributed by atoms with van der Waals surface area (Å²) in [5, 5.41) is 2.46. The molecule has 1 aliphatic heterocycles. The van der Waals surface area contributed by atoms with Gasteiger partial charge >= 0.3 is 0 Å². The molecule has 1 saturated heterocycles. The molecule has 0 aromatic heterocycles. The number of hydrogen-bond donors (Lipinski definition) is 1. The Hall–Kier alpha value is -0.610. The van der Waals surface area contributed by atoms with E-state index < -0.39 is 0 Å². The molecule has 1 heterocycles. The zero-order chi connectivity index (χ0) is 11.9. The van der Waals surface area contributed by atoms with Crippen molar-refractivity contribution in [2.75, 3.05) is 33.4 Å². The van der Waals surface area contributed by atoms with Crippen LogP contribution in [-0.2, 0) is 11.3 Å². The highest BCUT2D eigenvalue weighted by atomic mass is 35.5. The van der Waals surface area contributed by atoms with Crippen LogP contribution in [0.15, 0.2) is 30.3 Å².